The zero-order valence-electron chi connectivity index (χ0n) is 14.1. The Kier molecular flexibility index (Phi) is 3.96. The van der Waals surface area contributed by atoms with Gasteiger partial charge in [-0.3, -0.25) is 18.5 Å². The SMILES string of the molecule is C=CCn1c(=O)c2c(nc3n2CC(C)=NN3CC=CC)n(C)c1=O. The van der Waals surface area contributed by atoms with E-state index in [0.717, 1.165) is 5.71 Å². The first-order chi connectivity index (χ1) is 11.5. The molecule has 0 spiro atoms. The number of hydrogen-bond acceptors (Lipinski definition) is 5. The van der Waals surface area contributed by atoms with E-state index in [0.29, 0.717) is 30.2 Å². The lowest BCUT2D eigenvalue weighted by Gasteiger charge is -2.23. The predicted octanol–water partition coefficient (Wildman–Crippen LogP) is 0.855. The number of hydrogen-bond donors (Lipinski definition) is 0. The molecule has 0 radical (unpaired) electrons. The van der Waals surface area contributed by atoms with Gasteiger partial charge in [-0.05, 0) is 13.8 Å². The van der Waals surface area contributed by atoms with Gasteiger partial charge in [0.05, 0.1) is 18.8 Å². The predicted molar refractivity (Wildman–Crippen MR) is 94.7 cm³/mol. The minimum Gasteiger partial charge on any atom is -0.297 e. The van der Waals surface area contributed by atoms with Crippen LogP contribution >= 0.6 is 0 Å². The quantitative estimate of drug-likeness (QED) is 0.780. The Hall–Kier alpha value is -2.90. The Balaban J connectivity index is 2.34. The molecule has 3 rings (SSSR count). The van der Waals surface area contributed by atoms with E-state index in [1.807, 2.05) is 30.6 Å². The maximum Gasteiger partial charge on any atom is 0.332 e. The standard InChI is InChI=1S/C16H20N6O2/c1-5-7-9-22-15-17-13-12(21(15)10-11(3)18-22)14(23)20(8-6-2)16(24)19(13)4/h5-7H,2,8-10H2,1,3-4H3. The van der Waals surface area contributed by atoms with Gasteiger partial charge in [0.1, 0.15) is 0 Å². The molecule has 0 N–H and O–H groups in total. The van der Waals surface area contributed by atoms with Crippen molar-refractivity contribution in [1.82, 2.24) is 18.7 Å². The van der Waals surface area contributed by atoms with Crippen molar-refractivity contribution in [2.24, 2.45) is 12.1 Å². The smallest absolute Gasteiger partial charge is 0.297 e. The van der Waals surface area contributed by atoms with Gasteiger partial charge in [-0.25, -0.2) is 9.80 Å². The number of aryl methyl sites for hydroxylation is 1. The topological polar surface area (TPSA) is 77.4 Å². The minimum absolute atomic E-state index is 0.164. The highest BCUT2D eigenvalue weighted by Crippen LogP contribution is 2.23. The van der Waals surface area contributed by atoms with Crippen LogP contribution in [0, 0.1) is 0 Å². The van der Waals surface area contributed by atoms with Gasteiger partial charge >= 0.3 is 5.69 Å². The molecule has 0 saturated heterocycles. The molecule has 0 amide bonds. The van der Waals surface area contributed by atoms with E-state index in [9.17, 15) is 9.59 Å². The van der Waals surface area contributed by atoms with Gasteiger partial charge in [0.15, 0.2) is 11.2 Å². The van der Waals surface area contributed by atoms with Crippen molar-refractivity contribution >= 4 is 22.8 Å². The van der Waals surface area contributed by atoms with Crippen LogP contribution in [-0.4, -0.2) is 30.9 Å². The van der Waals surface area contributed by atoms with Crippen LogP contribution in [0.4, 0.5) is 5.95 Å². The van der Waals surface area contributed by atoms with Gasteiger partial charge in [-0.15, -0.1) is 6.58 Å². The Morgan fingerprint density at radius 2 is 2.04 bits per heavy atom. The average Bonchev–Trinajstić information content (AvgIpc) is 2.94. The number of hydrazone groups is 1. The second-order valence-electron chi connectivity index (χ2n) is 5.70. The molecule has 24 heavy (non-hydrogen) atoms. The number of rotatable bonds is 4. The van der Waals surface area contributed by atoms with Crippen molar-refractivity contribution < 1.29 is 0 Å². The summed E-state index contributed by atoms with van der Waals surface area (Å²) >= 11 is 0. The van der Waals surface area contributed by atoms with Crippen LogP contribution in [0.25, 0.3) is 11.2 Å². The number of imidazole rings is 1. The molecular weight excluding hydrogens is 308 g/mol. The van der Waals surface area contributed by atoms with Crippen LogP contribution < -0.4 is 16.3 Å². The average molecular weight is 328 g/mol. The summed E-state index contributed by atoms with van der Waals surface area (Å²) in [5.74, 6) is 0.567. The van der Waals surface area contributed by atoms with Crippen molar-refractivity contribution in [2.45, 2.75) is 26.9 Å². The molecule has 1 aliphatic rings. The third-order valence-corrected chi connectivity index (χ3v) is 3.95. The number of fused-ring (bicyclic) bond motifs is 3. The van der Waals surface area contributed by atoms with Crippen LogP contribution in [-0.2, 0) is 20.1 Å². The molecule has 3 heterocycles. The third-order valence-electron chi connectivity index (χ3n) is 3.95. The number of nitrogens with zero attached hydrogens (tertiary/aromatic N) is 6. The highest BCUT2D eigenvalue weighted by molar-refractivity contribution is 5.87. The lowest BCUT2D eigenvalue weighted by Crippen LogP contribution is -2.39. The van der Waals surface area contributed by atoms with Gasteiger partial charge in [0, 0.05) is 13.6 Å². The first-order valence-corrected chi connectivity index (χ1v) is 7.73. The van der Waals surface area contributed by atoms with Crippen LogP contribution in [0.1, 0.15) is 13.8 Å². The monoisotopic (exact) mass is 328 g/mol. The van der Waals surface area contributed by atoms with E-state index < -0.39 is 5.69 Å². The summed E-state index contributed by atoms with van der Waals surface area (Å²) in [6.45, 7) is 8.64. The largest absolute Gasteiger partial charge is 0.332 e. The maximum atomic E-state index is 12.8. The van der Waals surface area contributed by atoms with E-state index in [2.05, 4.69) is 16.7 Å². The summed E-state index contributed by atoms with van der Waals surface area (Å²) in [6, 6.07) is 0. The number of aromatic nitrogens is 4. The van der Waals surface area contributed by atoms with Gasteiger partial charge in [-0.2, -0.15) is 10.1 Å². The van der Waals surface area contributed by atoms with E-state index >= 15 is 0 Å². The Labute approximate surface area is 138 Å². The fourth-order valence-electron chi connectivity index (χ4n) is 2.84. The molecule has 0 aromatic carbocycles. The second kappa shape index (κ2) is 5.95. The molecule has 8 nitrogen and oxygen atoms in total. The van der Waals surface area contributed by atoms with Gasteiger partial charge in [0.2, 0.25) is 5.95 Å². The lowest BCUT2D eigenvalue weighted by atomic mass is 10.3. The van der Waals surface area contributed by atoms with Crippen molar-refractivity contribution in [3.63, 3.8) is 0 Å². The van der Waals surface area contributed by atoms with Crippen LogP contribution in [0.3, 0.4) is 0 Å². The molecule has 0 saturated carbocycles. The molecule has 2 aromatic heterocycles. The van der Waals surface area contributed by atoms with Gasteiger partial charge in [0.25, 0.3) is 5.56 Å². The van der Waals surface area contributed by atoms with Gasteiger partial charge < -0.3 is 0 Å². The van der Waals surface area contributed by atoms with Crippen LogP contribution in [0.15, 0.2) is 39.5 Å². The number of allylic oxidation sites excluding steroid dienone is 2. The van der Waals surface area contributed by atoms with E-state index in [1.54, 1.807) is 12.1 Å². The fourth-order valence-corrected chi connectivity index (χ4v) is 2.84. The lowest BCUT2D eigenvalue weighted by molar-refractivity contribution is 0.664. The van der Waals surface area contributed by atoms with Crippen molar-refractivity contribution in [1.29, 1.82) is 0 Å². The molecule has 0 fully saturated rings. The molecule has 2 aromatic rings. The molecule has 0 bridgehead atoms. The summed E-state index contributed by atoms with van der Waals surface area (Å²) in [7, 11) is 1.62. The number of anilines is 1. The molecule has 8 heteroatoms. The van der Waals surface area contributed by atoms with Crippen molar-refractivity contribution in [2.75, 3.05) is 11.6 Å². The first-order valence-electron chi connectivity index (χ1n) is 7.73. The van der Waals surface area contributed by atoms with E-state index in [1.165, 1.54) is 15.2 Å². The molecular formula is C16H20N6O2. The Morgan fingerprint density at radius 3 is 2.71 bits per heavy atom. The highest BCUT2D eigenvalue weighted by Gasteiger charge is 2.25. The fraction of sp³-hybridized carbons (Fsp3) is 0.375. The molecule has 0 aliphatic carbocycles. The summed E-state index contributed by atoms with van der Waals surface area (Å²) in [6.07, 6.45) is 5.42. The molecule has 0 unspecified atom stereocenters. The highest BCUT2D eigenvalue weighted by atomic mass is 16.2. The van der Waals surface area contributed by atoms with E-state index in [-0.39, 0.29) is 12.1 Å². The zero-order chi connectivity index (χ0) is 17.4. The Bertz CT molecular complexity index is 989. The first kappa shape index (κ1) is 16.0. The normalized spacial score (nSPS) is 14.3. The molecule has 0 atom stereocenters. The van der Waals surface area contributed by atoms with Crippen molar-refractivity contribution in [3.05, 3.63) is 45.6 Å². The molecule has 1 aliphatic heterocycles. The summed E-state index contributed by atoms with van der Waals surface area (Å²) < 4.78 is 4.39. The maximum absolute atomic E-state index is 12.8. The zero-order valence-corrected chi connectivity index (χ0v) is 14.1. The molecule has 126 valence electrons. The summed E-state index contributed by atoms with van der Waals surface area (Å²) in [5, 5.41) is 6.24. The van der Waals surface area contributed by atoms with Crippen LogP contribution in [0.2, 0.25) is 0 Å². The third kappa shape index (κ3) is 2.31. The van der Waals surface area contributed by atoms with E-state index in [4.69, 9.17) is 0 Å². The van der Waals surface area contributed by atoms with Crippen molar-refractivity contribution in [3.8, 4) is 0 Å². The minimum atomic E-state index is -0.402. The second-order valence-corrected chi connectivity index (χ2v) is 5.70. The summed E-state index contributed by atoms with van der Waals surface area (Å²) in [5.41, 5.74) is 0.895. The Morgan fingerprint density at radius 1 is 1.29 bits per heavy atom. The van der Waals surface area contributed by atoms with Crippen LogP contribution in [0.5, 0.6) is 0 Å². The van der Waals surface area contributed by atoms with Gasteiger partial charge in [-0.1, -0.05) is 18.2 Å². The summed E-state index contributed by atoms with van der Waals surface area (Å²) in [4.78, 5) is 29.7.